The Bertz CT molecular complexity index is 1200. The molecule has 0 saturated carbocycles. The molecule has 1 aromatic heterocycles. The summed E-state index contributed by atoms with van der Waals surface area (Å²) in [4.78, 5) is 26.9. The summed E-state index contributed by atoms with van der Waals surface area (Å²) in [5, 5.41) is 0.756. The van der Waals surface area contributed by atoms with Gasteiger partial charge in [0, 0.05) is 50.1 Å². The summed E-state index contributed by atoms with van der Waals surface area (Å²) in [6.45, 7) is 3.74. The van der Waals surface area contributed by atoms with Crippen molar-refractivity contribution in [2.24, 2.45) is 5.92 Å². The van der Waals surface area contributed by atoms with E-state index in [1.165, 1.54) is 23.8 Å². The lowest BCUT2D eigenvalue weighted by Crippen LogP contribution is -2.38. The van der Waals surface area contributed by atoms with E-state index < -0.39 is 5.82 Å². The smallest absolute Gasteiger partial charge is 0.171 e. The molecular formula is C26H25Cl2FN4O. The minimum atomic E-state index is -0.526. The molecule has 2 aromatic carbocycles. The third-order valence-electron chi connectivity index (χ3n) is 6.64. The van der Waals surface area contributed by atoms with Crippen LogP contribution in [-0.2, 0) is 19.5 Å². The van der Waals surface area contributed by atoms with E-state index in [1.807, 2.05) is 6.07 Å². The van der Waals surface area contributed by atoms with Crippen LogP contribution in [0.3, 0.4) is 0 Å². The number of halogens is 3. The van der Waals surface area contributed by atoms with Crippen LogP contribution in [0.25, 0.3) is 0 Å². The van der Waals surface area contributed by atoms with Crippen molar-refractivity contribution >= 4 is 34.8 Å². The van der Waals surface area contributed by atoms with E-state index >= 15 is 0 Å². The van der Waals surface area contributed by atoms with Gasteiger partial charge < -0.3 is 4.90 Å². The molecule has 3 aromatic rings. The van der Waals surface area contributed by atoms with Gasteiger partial charge in [-0.15, -0.1) is 0 Å². The van der Waals surface area contributed by atoms with E-state index in [9.17, 15) is 9.18 Å². The molecule has 0 radical (unpaired) electrons. The maximum Gasteiger partial charge on any atom is 0.171 e. The second-order valence-electron chi connectivity index (χ2n) is 8.93. The van der Waals surface area contributed by atoms with Crippen LogP contribution in [0.15, 0.2) is 48.5 Å². The van der Waals surface area contributed by atoms with Crippen molar-refractivity contribution < 1.29 is 9.18 Å². The Hall–Kier alpha value is -2.54. The zero-order valence-corrected chi connectivity index (χ0v) is 20.2. The highest BCUT2D eigenvalue weighted by Crippen LogP contribution is 2.31. The summed E-state index contributed by atoms with van der Waals surface area (Å²) in [7, 11) is 0. The molecule has 2 aliphatic heterocycles. The SMILES string of the molecule is O=C(c1cc(Cl)ccc1F)C1CCN(c2nc3c(nc2Cl)CN(Cc2ccccc2)CC3)CC1. The van der Waals surface area contributed by atoms with Crippen molar-refractivity contribution in [2.75, 3.05) is 24.5 Å². The van der Waals surface area contributed by atoms with Crippen molar-refractivity contribution in [2.45, 2.75) is 32.4 Å². The first-order valence-corrected chi connectivity index (χ1v) is 12.3. The fourth-order valence-electron chi connectivity index (χ4n) is 4.79. The molecule has 1 fully saturated rings. The number of benzene rings is 2. The minimum absolute atomic E-state index is 0.0672. The van der Waals surface area contributed by atoms with E-state index in [2.05, 4.69) is 34.1 Å². The van der Waals surface area contributed by atoms with Crippen LogP contribution in [0, 0.1) is 11.7 Å². The van der Waals surface area contributed by atoms with E-state index in [4.69, 9.17) is 33.2 Å². The number of hydrogen-bond acceptors (Lipinski definition) is 5. The summed E-state index contributed by atoms with van der Waals surface area (Å²) in [5.41, 5.74) is 3.26. The van der Waals surface area contributed by atoms with Crippen LogP contribution < -0.4 is 4.90 Å². The van der Waals surface area contributed by atoms with Gasteiger partial charge >= 0.3 is 0 Å². The average molecular weight is 499 g/mol. The topological polar surface area (TPSA) is 49.3 Å². The molecule has 0 atom stereocenters. The van der Waals surface area contributed by atoms with Crippen molar-refractivity contribution in [3.05, 3.63) is 87.0 Å². The number of carbonyl (C=O) groups is 1. The highest BCUT2D eigenvalue weighted by atomic mass is 35.5. The van der Waals surface area contributed by atoms with Crippen LogP contribution >= 0.6 is 23.2 Å². The van der Waals surface area contributed by atoms with Gasteiger partial charge in [0.25, 0.3) is 0 Å². The molecule has 3 heterocycles. The van der Waals surface area contributed by atoms with Crippen LogP contribution in [0.2, 0.25) is 10.2 Å². The first-order chi connectivity index (χ1) is 16.5. The Morgan fingerprint density at radius 2 is 1.76 bits per heavy atom. The molecule has 0 spiro atoms. The Morgan fingerprint density at radius 3 is 2.53 bits per heavy atom. The van der Waals surface area contributed by atoms with Gasteiger partial charge in [-0.1, -0.05) is 53.5 Å². The molecule has 176 valence electrons. The predicted molar refractivity (Wildman–Crippen MR) is 132 cm³/mol. The minimum Gasteiger partial charge on any atom is -0.354 e. The Labute approximate surface area is 208 Å². The second-order valence-corrected chi connectivity index (χ2v) is 9.72. The summed E-state index contributed by atoms with van der Waals surface area (Å²) in [5.74, 6) is -0.292. The molecule has 0 amide bonds. The highest BCUT2D eigenvalue weighted by Gasteiger charge is 2.30. The fourth-order valence-corrected chi connectivity index (χ4v) is 5.23. The molecule has 1 saturated heterocycles. The van der Waals surface area contributed by atoms with Gasteiger partial charge in [-0.05, 0) is 36.6 Å². The molecule has 5 rings (SSSR count). The number of aromatic nitrogens is 2. The summed E-state index contributed by atoms with van der Waals surface area (Å²) < 4.78 is 14.2. The lowest BCUT2D eigenvalue weighted by molar-refractivity contribution is 0.0896. The van der Waals surface area contributed by atoms with Crippen molar-refractivity contribution in [3.63, 3.8) is 0 Å². The maximum atomic E-state index is 14.2. The number of rotatable bonds is 5. The lowest BCUT2D eigenvalue weighted by atomic mass is 9.88. The zero-order chi connectivity index (χ0) is 23.7. The summed E-state index contributed by atoms with van der Waals surface area (Å²) in [6, 6.07) is 14.5. The second kappa shape index (κ2) is 9.98. The number of nitrogens with zero attached hydrogens (tertiary/aromatic N) is 4. The normalized spacial score (nSPS) is 17.0. The molecule has 0 bridgehead atoms. The first kappa shape index (κ1) is 23.2. The van der Waals surface area contributed by atoms with Gasteiger partial charge in [-0.25, -0.2) is 14.4 Å². The van der Waals surface area contributed by atoms with Gasteiger partial charge in [0.1, 0.15) is 5.82 Å². The molecule has 34 heavy (non-hydrogen) atoms. The molecule has 0 N–H and O–H groups in total. The largest absolute Gasteiger partial charge is 0.354 e. The zero-order valence-electron chi connectivity index (χ0n) is 18.7. The van der Waals surface area contributed by atoms with Gasteiger partial charge in [-0.2, -0.15) is 0 Å². The van der Waals surface area contributed by atoms with Crippen LogP contribution in [0.1, 0.15) is 40.2 Å². The number of ketones is 1. The number of carbonyl (C=O) groups excluding carboxylic acids is 1. The number of hydrogen-bond donors (Lipinski definition) is 0. The molecule has 8 heteroatoms. The van der Waals surface area contributed by atoms with Crippen LogP contribution in [-0.4, -0.2) is 40.3 Å². The molecule has 0 unspecified atom stereocenters. The van der Waals surface area contributed by atoms with Crippen molar-refractivity contribution in [1.29, 1.82) is 0 Å². The Morgan fingerprint density at radius 1 is 1.00 bits per heavy atom. The van der Waals surface area contributed by atoms with Gasteiger partial charge in [0.15, 0.2) is 16.8 Å². The number of fused-ring (bicyclic) bond motifs is 1. The number of Topliss-reactive ketones (excluding diaryl/α,β-unsaturated/α-hetero) is 1. The molecule has 0 aliphatic carbocycles. The Kier molecular flexibility index (Phi) is 6.82. The number of piperidine rings is 1. The average Bonchev–Trinajstić information content (AvgIpc) is 2.85. The fraction of sp³-hybridized carbons (Fsp3) is 0.346. The quantitative estimate of drug-likeness (QED) is 0.429. The first-order valence-electron chi connectivity index (χ1n) is 11.5. The van der Waals surface area contributed by atoms with Crippen molar-refractivity contribution in [1.82, 2.24) is 14.9 Å². The summed E-state index contributed by atoms with van der Waals surface area (Å²) in [6.07, 6.45) is 2.03. The lowest BCUT2D eigenvalue weighted by Gasteiger charge is -2.34. The van der Waals surface area contributed by atoms with E-state index in [0.717, 1.165) is 37.4 Å². The molecule has 2 aliphatic rings. The molecule has 5 nitrogen and oxygen atoms in total. The summed E-state index contributed by atoms with van der Waals surface area (Å²) >= 11 is 12.5. The monoisotopic (exact) mass is 498 g/mol. The van der Waals surface area contributed by atoms with E-state index in [0.29, 0.717) is 41.9 Å². The van der Waals surface area contributed by atoms with Gasteiger partial charge in [0.05, 0.1) is 17.0 Å². The van der Waals surface area contributed by atoms with Gasteiger partial charge in [-0.3, -0.25) is 9.69 Å². The standard InChI is InChI=1S/C26H25Cl2FN4O/c27-19-6-7-21(29)20(14-19)24(34)18-8-12-33(13-9-18)26-25(28)30-23-16-32(11-10-22(23)31-26)15-17-4-2-1-3-5-17/h1-7,14,18H,8-13,15-16H2. The van der Waals surface area contributed by atoms with E-state index in [1.54, 1.807) is 0 Å². The van der Waals surface area contributed by atoms with Crippen molar-refractivity contribution in [3.8, 4) is 0 Å². The maximum absolute atomic E-state index is 14.2. The van der Waals surface area contributed by atoms with Crippen LogP contribution in [0.5, 0.6) is 0 Å². The Balaban J connectivity index is 1.24. The van der Waals surface area contributed by atoms with E-state index in [-0.39, 0.29) is 17.3 Å². The molecular weight excluding hydrogens is 474 g/mol. The highest BCUT2D eigenvalue weighted by molar-refractivity contribution is 6.31. The number of anilines is 1. The third-order valence-corrected chi connectivity index (χ3v) is 7.13. The predicted octanol–water partition coefficient (Wildman–Crippen LogP) is 5.58. The third kappa shape index (κ3) is 4.95. The van der Waals surface area contributed by atoms with Gasteiger partial charge in [0.2, 0.25) is 0 Å². The van der Waals surface area contributed by atoms with Crippen LogP contribution in [0.4, 0.5) is 10.2 Å².